The Morgan fingerprint density at radius 2 is 2.07 bits per heavy atom. The molecule has 1 aliphatic heterocycles. The number of aromatic nitrogens is 2. The molecule has 2 aromatic rings. The van der Waals surface area contributed by atoms with E-state index in [1.807, 2.05) is 42.5 Å². The van der Waals surface area contributed by atoms with Gasteiger partial charge in [-0.05, 0) is 18.1 Å². The summed E-state index contributed by atoms with van der Waals surface area (Å²) >= 11 is 7.95. The second kappa shape index (κ2) is 11.1. The van der Waals surface area contributed by atoms with Crippen LogP contribution in [0, 0.1) is 0 Å². The Kier molecular flexibility index (Phi) is 8.30. The van der Waals surface area contributed by atoms with E-state index in [1.54, 1.807) is 6.08 Å². The van der Waals surface area contributed by atoms with Gasteiger partial charge in [0, 0.05) is 19.4 Å². The molecule has 1 saturated heterocycles. The van der Waals surface area contributed by atoms with Gasteiger partial charge < -0.3 is 5.32 Å². The summed E-state index contributed by atoms with van der Waals surface area (Å²) < 4.78 is 0.463. The van der Waals surface area contributed by atoms with Gasteiger partial charge in [-0.2, -0.15) is 0 Å². The van der Waals surface area contributed by atoms with E-state index in [0.29, 0.717) is 14.4 Å². The maximum Gasteiger partial charge on any atom is 0.266 e. The van der Waals surface area contributed by atoms with E-state index in [-0.39, 0.29) is 24.8 Å². The number of allylic oxidation sites excluding steroid dienone is 2. The smallest absolute Gasteiger partial charge is 0.266 e. The number of amides is 2. The Labute approximate surface area is 189 Å². The van der Waals surface area contributed by atoms with Gasteiger partial charge in [0.25, 0.3) is 5.91 Å². The van der Waals surface area contributed by atoms with Crippen molar-refractivity contribution >= 4 is 62.7 Å². The number of anilines is 1. The number of thioether (sulfide) groups is 1. The Morgan fingerprint density at radius 1 is 1.27 bits per heavy atom. The summed E-state index contributed by atoms with van der Waals surface area (Å²) in [6, 6.07) is 9.84. The number of nitrogens with zero attached hydrogens (tertiary/aromatic N) is 3. The summed E-state index contributed by atoms with van der Waals surface area (Å²) in [6.07, 6.45) is 8.66. The highest BCUT2D eigenvalue weighted by Gasteiger charge is 2.31. The molecule has 0 unspecified atom stereocenters. The van der Waals surface area contributed by atoms with Crippen LogP contribution >= 0.6 is 35.3 Å². The highest BCUT2D eigenvalue weighted by Crippen LogP contribution is 2.31. The van der Waals surface area contributed by atoms with Gasteiger partial charge >= 0.3 is 0 Å². The lowest BCUT2D eigenvalue weighted by atomic mass is 10.2. The molecule has 0 aliphatic carbocycles. The molecule has 0 radical (unpaired) electrons. The van der Waals surface area contributed by atoms with Gasteiger partial charge in [0.1, 0.15) is 9.33 Å². The number of carbonyl (C=O) groups excluding carboxylic acids is 2. The third-order valence-corrected chi connectivity index (χ3v) is 6.52. The summed E-state index contributed by atoms with van der Waals surface area (Å²) in [4.78, 5) is 26.8. The van der Waals surface area contributed by atoms with Gasteiger partial charge in [-0.25, -0.2) is 0 Å². The van der Waals surface area contributed by atoms with E-state index in [4.69, 9.17) is 12.2 Å². The molecular weight excluding hydrogens is 436 g/mol. The number of hydrogen-bond acceptors (Lipinski definition) is 7. The highest BCUT2D eigenvalue weighted by molar-refractivity contribution is 8.26. The van der Waals surface area contributed by atoms with Gasteiger partial charge in [0.05, 0.1) is 4.91 Å². The molecule has 1 aliphatic rings. The average molecular weight is 459 g/mol. The van der Waals surface area contributed by atoms with Crippen molar-refractivity contribution in [3.63, 3.8) is 0 Å². The van der Waals surface area contributed by atoms with Crippen LogP contribution in [0.1, 0.15) is 36.8 Å². The first-order valence-electron chi connectivity index (χ1n) is 9.66. The number of nitrogens with one attached hydrogen (secondary N) is 1. The van der Waals surface area contributed by atoms with Gasteiger partial charge in [-0.15, -0.1) is 10.2 Å². The first kappa shape index (κ1) is 22.3. The fourth-order valence-corrected chi connectivity index (χ4v) is 4.70. The number of unbranched alkanes of at least 4 members (excludes halogenated alkanes) is 1. The summed E-state index contributed by atoms with van der Waals surface area (Å²) in [5, 5.41) is 12.2. The monoisotopic (exact) mass is 458 g/mol. The molecule has 0 saturated carbocycles. The van der Waals surface area contributed by atoms with Crippen LogP contribution in [0.15, 0.2) is 47.4 Å². The molecule has 1 N–H and O–H groups in total. The van der Waals surface area contributed by atoms with E-state index in [1.165, 1.54) is 28.0 Å². The van der Waals surface area contributed by atoms with Crippen molar-refractivity contribution < 1.29 is 9.59 Å². The highest BCUT2D eigenvalue weighted by atomic mass is 32.2. The normalized spacial score (nSPS) is 15.5. The van der Waals surface area contributed by atoms with Crippen LogP contribution in [-0.4, -0.2) is 37.8 Å². The molecule has 3 rings (SSSR count). The number of benzene rings is 1. The molecule has 0 bridgehead atoms. The third-order valence-electron chi connectivity index (χ3n) is 4.23. The number of carbonyl (C=O) groups is 2. The summed E-state index contributed by atoms with van der Waals surface area (Å²) in [5.41, 5.74) is 1.05. The maximum atomic E-state index is 12.6. The van der Waals surface area contributed by atoms with Crippen LogP contribution in [0.4, 0.5) is 5.13 Å². The second-order valence-corrected chi connectivity index (χ2v) is 9.27. The molecule has 2 amide bonds. The van der Waals surface area contributed by atoms with Crippen LogP contribution in [0.5, 0.6) is 0 Å². The van der Waals surface area contributed by atoms with Crippen LogP contribution in [0.25, 0.3) is 6.08 Å². The number of hydrogen-bond donors (Lipinski definition) is 1. The lowest BCUT2D eigenvalue weighted by Gasteiger charge is -2.13. The topological polar surface area (TPSA) is 75.2 Å². The van der Waals surface area contributed by atoms with Crippen molar-refractivity contribution in [2.45, 2.75) is 32.6 Å². The Balaban J connectivity index is 1.50. The summed E-state index contributed by atoms with van der Waals surface area (Å²) in [6.45, 7) is 2.35. The van der Waals surface area contributed by atoms with Crippen molar-refractivity contribution in [2.24, 2.45) is 0 Å². The molecule has 156 valence electrons. The largest absolute Gasteiger partial charge is 0.300 e. The van der Waals surface area contributed by atoms with Crippen LogP contribution in [-0.2, 0) is 16.0 Å². The van der Waals surface area contributed by atoms with Gasteiger partial charge in [0.2, 0.25) is 11.0 Å². The predicted octanol–water partition coefficient (Wildman–Crippen LogP) is 4.67. The van der Waals surface area contributed by atoms with Crippen molar-refractivity contribution in [1.82, 2.24) is 15.1 Å². The van der Waals surface area contributed by atoms with Crippen molar-refractivity contribution in [2.75, 3.05) is 11.9 Å². The minimum atomic E-state index is -0.213. The van der Waals surface area contributed by atoms with E-state index in [0.717, 1.165) is 29.8 Å². The standard InChI is InChI=1S/C21H22N4O2S3/c1-2-3-12-18-23-24-20(30-18)22-17(26)13-14-25-19(27)16(29-21(25)28)11-7-10-15-8-5-4-6-9-15/h4-11H,2-3,12-14H2,1H3,(H,22,24,26). The zero-order valence-corrected chi connectivity index (χ0v) is 19.0. The van der Waals surface area contributed by atoms with Crippen LogP contribution in [0.2, 0.25) is 0 Å². The average Bonchev–Trinajstić information content (AvgIpc) is 3.29. The minimum absolute atomic E-state index is 0.142. The van der Waals surface area contributed by atoms with E-state index >= 15 is 0 Å². The van der Waals surface area contributed by atoms with E-state index in [2.05, 4.69) is 22.4 Å². The molecule has 30 heavy (non-hydrogen) atoms. The zero-order chi connectivity index (χ0) is 21.3. The maximum absolute atomic E-state index is 12.6. The van der Waals surface area contributed by atoms with Gasteiger partial charge in [-0.3, -0.25) is 14.5 Å². The van der Waals surface area contributed by atoms with Crippen molar-refractivity contribution in [3.05, 3.63) is 58.0 Å². The van der Waals surface area contributed by atoms with Crippen molar-refractivity contribution in [3.8, 4) is 0 Å². The third kappa shape index (κ3) is 6.32. The first-order valence-corrected chi connectivity index (χ1v) is 11.7. The molecule has 0 atom stereocenters. The molecule has 6 nitrogen and oxygen atoms in total. The molecule has 1 aromatic heterocycles. The molecular formula is C21H22N4O2S3. The van der Waals surface area contributed by atoms with Gasteiger partial charge in [-0.1, -0.05) is 91.1 Å². The Morgan fingerprint density at radius 3 is 2.83 bits per heavy atom. The quantitative estimate of drug-likeness (QED) is 0.435. The minimum Gasteiger partial charge on any atom is -0.300 e. The van der Waals surface area contributed by atoms with E-state index in [9.17, 15) is 9.59 Å². The SMILES string of the molecule is CCCCc1nnc(NC(=O)CCN2C(=O)C(=CC=Cc3ccccc3)SC2=S)s1. The predicted molar refractivity (Wildman–Crippen MR) is 127 cm³/mol. The molecule has 0 spiro atoms. The van der Waals surface area contributed by atoms with Crippen molar-refractivity contribution in [1.29, 1.82) is 0 Å². The summed E-state index contributed by atoms with van der Waals surface area (Å²) in [7, 11) is 0. The molecule has 9 heteroatoms. The lowest BCUT2D eigenvalue weighted by Crippen LogP contribution is -2.31. The molecule has 1 aromatic carbocycles. The van der Waals surface area contributed by atoms with Crippen LogP contribution < -0.4 is 5.32 Å². The number of aryl methyl sites for hydroxylation is 1. The Hall–Kier alpha value is -2.36. The lowest BCUT2D eigenvalue weighted by molar-refractivity contribution is -0.122. The number of rotatable bonds is 9. The number of thiocarbonyl (C=S) groups is 1. The first-order chi connectivity index (χ1) is 14.6. The summed E-state index contributed by atoms with van der Waals surface area (Å²) in [5.74, 6) is -0.386. The van der Waals surface area contributed by atoms with Gasteiger partial charge in [0.15, 0.2) is 0 Å². The fourth-order valence-electron chi connectivity index (χ4n) is 2.65. The second-order valence-electron chi connectivity index (χ2n) is 6.53. The van der Waals surface area contributed by atoms with Crippen LogP contribution in [0.3, 0.4) is 0 Å². The zero-order valence-electron chi connectivity index (χ0n) is 16.5. The molecule has 2 heterocycles. The molecule has 1 fully saturated rings. The van der Waals surface area contributed by atoms with E-state index < -0.39 is 0 Å². The Bertz CT molecular complexity index is 970. The fraction of sp³-hybridized carbons (Fsp3) is 0.286.